The third kappa shape index (κ3) is 3.94. The van der Waals surface area contributed by atoms with Gasteiger partial charge >= 0.3 is 0 Å². The van der Waals surface area contributed by atoms with E-state index in [2.05, 4.69) is 26.0 Å². The van der Waals surface area contributed by atoms with Gasteiger partial charge in [0, 0.05) is 22.7 Å². The highest BCUT2D eigenvalue weighted by Crippen LogP contribution is 2.45. The average Bonchev–Trinajstić information content (AvgIpc) is 2.97. The lowest BCUT2D eigenvalue weighted by atomic mass is 9.91. The van der Waals surface area contributed by atoms with E-state index in [-0.39, 0.29) is 15.8 Å². The van der Waals surface area contributed by atoms with Crippen LogP contribution < -0.4 is 0 Å². The predicted molar refractivity (Wildman–Crippen MR) is 78.7 cm³/mol. The van der Waals surface area contributed by atoms with Gasteiger partial charge in [0.2, 0.25) is 0 Å². The summed E-state index contributed by atoms with van der Waals surface area (Å²) in [6.45, 7) is 5.65. The standard InChI is InChI=1S/C15H28O2Si/c1-3-16-15(17-4-2)11-18-8-7-14-10-12-5-6-13(14)9-12/h5-6,12-15H,3-4,7-11,18H2,1-2H3. The Bertz CT molecular complexity index is 261. The molecule has 0 N–H and O–H groups in total. The van der Waals surface area contributed by atoms with Gasteiger partial charge in [0.25, 0.3) is 0 Å². The number of ether oxygens (including phenoxy) is 2. The Labute approximate surface area is 114 Å². The van der Waals surface area contributed by atoms with Gasteiger partial charge in [0.15, 0.2) is 6.29 Å². The molecule has 0 aromatic carbocycles. The van der Waals surface area contributed by atoms with E-state index in [1.807, 2.05) is 0 Å². The Hall–Kier alpha value is -0.123. The van der Waals surface area contributed by atoms with Crippen LogP contribution in [0.15, 0.2) is 12.2 Å². The summed E-state index contributed by atoms with van der Waals surface area (Å²) >= 11 is 0. The van der Waals surface area contributed by atoms with Gasteiger partial charge in [-0.15, -0.1) is 0 Å². The molecule has 0 aromatic heterocycles. The van der Waals surface area contributed by atoms with E-state index < -0.39 is 0 Å². The van der Waals surface area contributed by atoms with Crippen molar-refractivity contribution in [3.8, 4) is 0 Å². The largest absolute Gasteiger partial charge is 0.353 e. The quantitative estimate of drug-likeness (QED) is 0.277. The minimum Gasteiger partial charge on any atom is -0.353 e. The van der Waals surface area contributed by atoms with E-state index in [4.69, 9.17) is 9.47 Å². The molecule has 2 aliphatic rings. The zero-order valence-corrected chi connectivity index (χ0v) is 13.4. The first kappa shape index (κ1) is 14.3. The summed E-state index contributed by atoms with van der Waals surface area (Å²) in [6.07, 6.45) is 9.39. The number of rotatable bonds is 9. The van der Waals surface area contributed by atoms with Crippen LogP contribution in [-0.2, 0) is 9.47 Å². The van der Waals surface area contributed by atoms with Crippen molar-refractivity contribution in [3.05, 3.63) is 12.2 Å². The molecule has 0 radical (unpaired) electrons. The first-order valence-corrected chi connectivity index (χ1v) is 9.75. The maximum atomic E-state index is 5.61. The molecule has 2 aliphatic carbocycles. The Balaban J connectivity index is 1.56. The van der Waals surface area contributed by atoms with Gasteiger partial charge in [-0.25, -0.2) is 0 Å². The fourth-order valence-corrected chi connectivity index (χ4v) is 5.30. The van der Waals surface area contributed by atoms with Crippen molar-refractivity contribution in [2.24, 2.45) is 17.8 Å². The lowest BCUT2D eigenvalue weighted by molar-refractivity contribution is -0.123. The maximum absolute atomic E-state index is 5.61. The van der Waals surface area contributed by atoms with Gasteiger partial charge in [-0.2, -0.15) is 0 Å². The van der Waals surface area contributed by atoms with Gasteiger partial charge in [0.1, 0.15) is 0 Å². The zero-order chi connectivity index (χ0) is 12.8. The summed E-state index contributed by atoms with van der Waals surface area (Å²) in [7, 11) is 0.0000167. The van der Waals surface area contributed by atoms with Crippen LogP contribution >= 0.6 is 0 Å². The molecule has 0 amide bonds. The molecule has 0 aliphatic heterocycles. The topological polar surface area (TPSA) is 18.5 Å². The van der Waals surface area contributed by atoms with Crippen LogP contribution in [0.4, 0.5) is 0 Å². The van der Waals surface area contributed by atoms with E-state index >= 15 is 0 Å². The van der Waals surface area contributed by atoms with Gasteiger partial charge < -0.3 is 9.47 Å². The molecule has 2 nitrogen and oxygen atoms in total. The molecule has 3 heteroatoms. The summed E-state index contributed by atoms with van der Waals surface area (Å²) in [5.41, 5.74) is 0. The van der Waals surface area contributed by atoms with Gasteiger partial charge in [-0.05, 0) is 50.5 Å². The average molecular weight is 268 g/mol. The van der Waals surface area contributed by atoms with Crippen LogP contribution in [0.1, 0.15) is 33.1 Å². The van der Waals surface area contributed by atoms with Crippen LogP contribution in [0.2, 0.25) is 12.1 Å². The first-order valence-electron chi connectivity index (χ1n) is 7.75. The molecule has 2 rings (SSSR count). The first-order chi connectivity index (χ1) is 8.83. The zero-order valence-electron chi connectivity index (χ0n) is 11.9. The third-order valence-electron chi connectivity index (χ3n) is 4.39. The van der Waals surface area contributed by atoms with Crippen molar-refractivity contribution in [2.45, 2.75) is 51.5 Å². The molecule has 104 valence electrons. The molecular weight excluding hydrogens is 240 g/mol. The van der Waals surface area contributed by atoms with Crippen LogP contribution in [-0.4, -0.2) is 29.0 Å². The second-order valence-electron chi connectivity index (χ2n) is 5.67. The van der Waals surface area contributed by atoms with E-state index in [9.17, 15) is 0 Å². The minimum atomic E-state index is 0.0000167. The lowest BCUT2D eigenvalue weighted by Gasteiger charge is -2.19. The smallest absolute Gasteiger partial charge is 0.154 e. The highest BCUT2D eigenvalue weighted by Gasteiger charge is 2.34. The molecule has 0 saturated heterocycles. The third-order valence-corrected chi connectivity index (χ3v) is 6.17. The number of hydrogen-bond donors (Lipinski definition) is 0. The summed E-state index contributed by atoms with van der Waals surface area (Å²) < 4.78 is 11.2. The van der Waals surface area contributed by atoms with Crippen LogP contribution in [0.3, 0.4) is 0 Å². The van der Waals surface area contributed by atoms with Gasteiger partial charge in [-0.3, -0.25) is 0 Å². The van der Waals surface area contributed by atoms with Crippen molar-refractivity contribution in [1.82, 2.24) is 0 Å². The van der Waals surface area contributed by atoms with Crippen molar-refractivity contribution in [2.75, 3.05) is 13.2 Å². The maximum Gasteiger partial charge on any atom is 0.154 e. The summed E-state index contributed by atoms with van der Waals surface area (Å²) in [4.78, 5) is 0. The van der Waals surface area contributed by atoms with Crippen LogP contribution in [0.5, 0.6) is 0 Å². The molecule has 1 fully saturated rings. The highest BCUT2D eigenvalue weighted by molar-refractivity contribution is 6.35. The molecule has 0 spiro atoms. The highest BCUT2D eigenvalue weighted by atomic mass is 28.2. The molecule has 2 bridgehead atoms. The number of fused-ring (bicyclic) bond motifs is 2. The Morgan fingerprint density at radius 3 is 2.50 bits per heavy atom. The summed E-state index contributed by atoms with van der Waals surface area (Å²) in [5.74, 6) is 2.87. The monoisotopic (exact) mass is 268 g/mol. The van der Waals surface area contributed by atoms with E-state index in [0.29, 0.717) is 0 Å². The van der Waals surface area contributed by atoms with E-state index in [1.54, 1.807) is 0 Å². The van der Waals surface area contributed by atoms with E-state index in [0.717, 1.165) is 31.0 Å². The summed E-state index contributed by atoms with van der Waals surface area (Å²) in [5, 5.41) is 0. The summed E-state index contributed by atoms with van der Waals surface area (Å²) in [6, 6.07) is 2.66. The SMILES string of the molecule is CCOC(C[SiH2]CCC1CC2C=CC1C2)OCC. The minimum absolute atomic E-state index is 0.0000167. The second-order valence-corrected chi connectivity index (χ2v) is 7.66. The van der Waals surface area contributed by atoms with E-state index in [1.165, 1.54) is 31.4 Å². The van der Waals surface area contributed by atoms with Gasteiger partial charge in [-0.1, -0.05) is 24.6 Å². The molecule has 18 heavy (non-hydrogen) atoms. The molecule has 0 aromatic rings. The van der Waals surface area contributed by atoms with Crippen molar-refractivity contribution in [1.29, 1.82) is 0 Å². The molecular formula is C15H28O2Si. The van der Waals surface area contributed by atoms with Crippen molar-refractivity contribution in [3.63, 3.8) is 0 Å². The fourth-order valence-electron chi connectivity index (χ4n) is 3.53. The van der Waals surface area contributed by atoms with Crippen molar-refractivity contribution < 1.29 is 9.47 Å². The molecule has 3 unspecified atom stereocenters. The molecule has 0 heterocycles. The Morgan fingerprint density at radius 1 is 1.17 bits per heavy atom. The number of hydrogen-bond acceptors (Lipinski definition) is 2. The Morgan fingerprint density at radius 2 is 1.94 bits per heavy atom. The normalized spacial score (nSPS) is 30.3. The van der Waals surface area contributed by atoms with Gasteiger partial charge in [0.05, 0.1) is 0 Å². The van der Waals surface area contributed by atoms with Crippen molar-refractivity contribution >= 4 is 9.52 Å². The number of allylic oxidation sites excluding steroid dienone is 2. The lowest BCUT2D eigenvalue weighted by Crippen LogP contribution is -2.19. The second kappa shape index (κ2) is 7.46. The molecule has 1 saturated carbocycles. The predicted octanol–water partition coefficient (Wildman–Crippen LogP) is 2.99. The van der Waals surface area contributed by atoms with Crippen LogP contribution in [0, 0.1) is 17.8 Å². The molecule has 3 atom stereocenters. The Kier molecular flexibility index (Phi) is 5.92. The van der Waals surface area contributed by atoms with Crippen LogP contribution in [0.25, 0.3) is 0 Å². The fraction of sp³-hybridized carbons (Fsp3) is 0.867.